The molecule has 1 atom stereocenters. The summed E-state index contributed by atoms with van der Waals surface area (Å²) in [5.74, 6) is -0.122. The van der Waals surface area contributed by atoms with Gasteiger partial charge in [-0.2, -0.15) is 0 Å². The highest BCUT2D eigenvalue weighted by Crippen LogP contribution is 2.26. The zero-order valence-electron chi connectivity index (χ0n) is 17.2. The van der Waals surface area contributed by atoms with E-state index in [0.29, 0.717) is 12.4 Å². The van der Waals surface area contributed by atoms with Gasteiger partial charge in [0.15, 0.2) is 11.7 Å². The van der Waals surface area contributed by atoms with E-state index in [-0.39, 0.29) is 36.1 Å². The van der Waals surface area contributed by atoms with Crippen molar-refractivity contribution in [1.82, 2.24) is 15.2 Å². The Morgan fingerprint density at radius 1 is 1.19 bits per heavy atom. The Morgan fingerprint density at radius 3 is 2.77 bits per heavy atom. The van der Waals surface area contributed by atoms with Gasteiger partial charge >= 0.3 is 0 Å². The molecule has 4 rings (SSSR count). The van der Waals surface area contributed by atoms with Crippen LogP contribution in [0.2, 0.25) is 0 Å². The number of halogens is 2. The number of nitrogens with zero attached hydrogens (tertiary/aromatic N) is 2. The van der Waals surface area contributed by atoms with Gasteiger partial charge in [0.25, 0.3) is 0 Å². The summed E-state index contributed by atoms with van der Waals surface area (Å²) in [6.07, 6.45) is 7.03. The van der Waals surface area contributed by atoms with Crippen LogP contribution in [0.1, 0.15) is 43.4 Å². The van der Waals surface area contributed by atoms with Crippen LogP contribution in [0, 0.1) is 11.6 Å². The summed E-state index contributed by atoms with van der Waals surface area (Å²) >= 11 is 0. The Morgan fingerprint density at radius 2 is 2.03 bits per heavy atom. The molecule has 6 nitrogen and oxygen atoms in total. The first-order valence-electron chi connectivity index (χ1n) is 10.5. The van der Waals surface area contributed by atoms with E-state index in [1.54, 1.807) is 6.26 Å². The predicted molar refractivity (Wildman–Crippen MR) is 110 cm³/mol. The fourth-order valence-corrected chi connectivity index (χ4v) is 3.88. The molecule has 8 heteroatoms. The molecule has 1 saturated heterocycles. The van der Waals surface area contributed by atoms with Crippen molar-refractivity contribution in [3.05, 3.63) is 66.1 Å². The molecule has 1 unspecified atom stereocenters. The summed E-state index contributed by atoms with van der Waals surface area (Å²) in [5, 5.41) is 2.98. The van der Waals surface area contributed by atoms with Gasteiger partial charge in [-0.25, -0.2) is 13.8 Å². The number of aryl methyl sites for hydroxylation is 1. The van der Waals surface area contributed by atoms with E-state index < -0.39 is 11.6 Å². The van der Waals surface area contributed by atoms with Crippen molar-refractivity contribution >= 4 is 5.91 Å². The SMILES string of the molecule is O=C(CCc1ncc(-c2ccc(F)cc2F)o1)NCC(c1ccco1)N1CCCCC1. The average molecular weight is 429 g/mol. The number of rotatable bonds is 8. The molecule has 31 heavy (non-hydrogen) atoms. The Kier molecular flexibility index (Phi) is 6.76. The maximum absolute atomic E-state index is 13.9. The van der Waals surface area contributed by atoms with Crippen molar-refractivity contribution < 1.29 is 22.4 Å². The number of aromatic nitrogens is 1. The summed E-state index contributed by atoms with van der Waals surface area (Å²) < 4.78 is 38.1. The average Bonchev–Trinajstić information content (AvgIpc) is 3.46. The number of hydrogen-bond acceptors (Lipinski definition) is 5. The van der Waals surface area contributed by atoms with E-state index in [2.05, 4.69) is 15.2 Å². The molecule has 0 bridgehead atoms. The van der Waals surface area contributed by atoms with Gasteiger partial charge in [0, 0.05) is 25.5 Å². The first-order chi connectivity index (χ1) is 15.1. The standard InChI is InChI=1S/C23H25F2N3O3/c24-16-6-7-17(18(25)13-16)21-15-27-23(31-21)9-8-22(29)26-14-19(20-5-4-12-30-20)28-10-2-1-3-11-28/h4-7,12-13,15,19H,1-3,8-11,14H2,(H,26,29). The van der Waals surface area contributed by atoms with Crippen molar-refractivity contribution in [2.75, 3.05) is 19.6 Å². The molecule has 3 aromatic rings. The quantitative estimate of drug-likeness (QED) is 0.571. The molecule has 0 spiro atoms. The number of hydrogen-bond donors (Lipinski definition) is 1. The van der Waals surface area contributed by atoms with Crippen molar-refractivity contribution in [2.45, 2.75) is 38.1 Å². The molecule has 1 aliphatic rings. The number of piperidine rings is 1. The zero-order valence-corrected chi connectivity index (χ0v) is 17.2. The number of furan rings is 1. The van der Waals surface area contributed by atoms with E-state index in [9.17, 15) is 13.6 Å². The second-order valence-electron chi connectivity index (χ2n) is 7.67. The molecule has 2 aromatic heterocycles. The summed E-state index contributed by atoms with van der Waals surface area (Å²) in [6.45, 7) is 2.44. The minimum absolute atomic E-state index is 0.00837. The molecule has 164 valence electrons. The normalized spacial score (nSPS) is 15.7. The molecule has 0 saturated carbocycles. The van der Waals surface area contributed by atoms with Crippen LogP contribution < -0.4 is 5.32 Å². The zero-order chi connectivity index (χ0) is 21.6. The maximum Gasteiger partial charge on any atom is 0.220 e. The van der Waals surface area contributed by atoms with Crippen LogP contribution in [0.3, 0.4) is 0 Å². The van der Waals surface area contributed by atoms with Crippen molar-refractivity contribution in [3.63, 3.8) is 0 Å². The van der Waals surface area contributed by atoms with Gasteiger partial charge in [-0.3, -0.25) is 9.69 Å². The van der Waals surface area contributed by atoms with Gasteiger partial charge in [0.05, 0.1) is 24.1 Å². The Hall–Kier alpha value is -3.00. The third kappa shape index (κ3) is 5.38. The largest absolute Gasteiger partial charge is 0.468 e. The lowest BCUT2D eigenvalue weighted by atomic mass is 10.1. The molecule has 3 heterocycles. The number of nitrogens with one attached hydrogen (secondary N) is 1. The van der Waals surface area contributed by atoms with Gasteiger partial charge < -0.3 is 14.2 Å². The molecule has 0 aliphatic carbocycles. The number of benzene rings is 1. The fourth-order valence-electron chi connectivity index (χ4n) is 3.88. The number of carbonyl (C=O) groups excluding carboxylic acids is 1. The summed E-state index contributed by atoms with van der Waals surface area (Å²) in [4.78, 5) is 18.9. The van der Waals surface area contributed by atoms with Crippen LogP contribution >= 0.6 is 0 Å². The molecule has 1 aliphatic heterocycles. The van der Waals surface area contributed by atoms with E-state index >= 15 is 0 Å². The number of likely N-dealkylation sites (tertiary alicyclic amines) is 1. The van der Waals surface area contributed by atoms with Crippen molar-refractivity contribution in [3.8, 4) is 11.3 Å². The van der Waals surface area contributed by atoms with Crippen molar-refractivity contribution in [1.29, 1.82) is 0 Å². The van der Waals surface area contributed by atoms with Crippen LogP contribution in [0.15, 0.2) is 51.6 Å². The van der Waals surface area contributed by atoms with Gasteiger partial charge in [0.2, 0.25) is 5.91 Å². The monoisotopic (exact) mass is 429 g/mol. The van der Waals surface area contributed by atoms with E-state index in [4.69, 9.17) is 8.83 Å². The first-order valence-corrected chi connectivity index (χ1v) is 10.5. The van der Waals surface area contributed by atoms with Crippen molar-refractivity contribution in [2.24, 2.45) is 0 Å². The lowest BCUT2D eigenvalue weighted by Gasteiger charge is -2.33. The predicted octanol–water partition coefficient (Wildman–Crippen LogP) is 4.49. The minimum atomic E-state index is -0.720. The number of carbonyl (C=O) groups is 1. The maximum atomic E-state index is 13.9. The van der Waals surface area contributed by atoms with Crippen LogP contribution in [0.5, 0.6) is 0 Å². The van der Waals surface area contributed by atoms with Crippen LogP contribution in [-0.4, -0.2) is 35.4 Å². The van der Waals surface area contributed by atoms with Gasteiger partial charge in [-0.1, -0.05) is 6.42 Å². The van der Waals surface area contributed by atoms with E-state index in [1.807, 2.05) is 12.1 Å². The molecule has 0 radical (unpaired) electrons. The highest BCUT2D eigenvalue weighted by atomic mass is 19.1. The third-order valence-electron chi connectivity index (χ3n) is 5.51. The Labute approximate surface area is 179 Å². The molecule has 1 fully saturated rings. The molecule has 1 amide bonds. The number of oxazole rings is 1. The Bertz CT molecular complexity index is 997. The van der Waals surface area contributed by atoms with Gasteiger partial charge in [0.1, 0.15) is 17.4 Å². The number of amides is 1. The summed E-state index contributed by atoms with van der Waals surface area (Å²) in [5.41, 5.74) is 0.132. The third-order valence-corrected chi connectivity index (χ3v) is 5.51. The first kappa shape index (κ1) is 21.2. The summed E-state index contributed by atoms with van der Waals surface area (Å²) in [7, 11) is 0. The minimum Gasteiger partial charge on any atom is -0.468 e. The smallest absolute Gasteiger partial charge is 0.220 e. The lowest BCUT2D eigenvalue weighted by molar-refractivity contribution is -0.121. The van der Waals surface area contributed by atoms with E-state index in [1.165, 1.54) is 18.7 Å². The summed E-state index contributed by atoms with van der Waals surface area (Å²) in [6, 6.07) is 7.06. The van der Waals surface area contributed by atoms with Crippen LogP contribution in [0.25, 0.3) is 11.3 Å². The second kappa shape index (κ2) is 9.87. The Balaban J connectivity index is 1.31. The van der Waals surface area contributed by atoms with Crippen LogP contribution in [0.4, 0.5) is 8.78 Å². The van der Waals surface area contributed by atoms with E-state index in [0.717, 1.165) is 43.8 Å². The molecular weight excluding hydrogens is 404 g/mol. The molecule has 1 aromatic carbocycles. The fraction of sp³-hybridized carbons (Fsp3) is 0.391. The highest BCUT2D eigenvalue weighted by molar-refractivity contribution is 5.76. The highest BCUT2D eigenvalue weighted by Gasteiger charge is 2.25. The van der Waals surface area contributed by atoms with Gasteiger partial charge in [-0.15, -0.1) is 0 Å². The lowest BCUT2D eigenvalue weighted by Crippen LogP contribution is -2.40. The topological polar surface area (TPSA) is 71.5 Å². The molecule has 1 N–H and O–H groups in total. The second-order valence-corrected chi connectivity index (χ2v) is 7.67. The van der Waals surface area contributed by atoms with Crippen LogP contribution in [-0.2, 0) is 11.2 Å². The van der Waals surface area contributed by atoms with Gasteiger partial charge in [-0.05, 0) is 50.2 Å². The molecular formula is C23H25F2N3O3.